The molecule has 0 spiro atoms. The highest BCUT2D eigenvalue weighted by atomic mass is 16.5. The number of nitrogens with zero attached hydrogens (tertiary/aromatic N) is 2. The zero-order valence-corrected chi connectivity index (χ0v) is 11.1. The Hall–Kier alpha value is -1.82. The topological polar surface area (TPSA) is 88.7 Å². The first kappa shape index (κ1) is 14.2. The number of nitrogen functional groups attached to an aromatic ring is 1. The van der Waals surface area contributed by atoms with Crippen LogP contribution in [0.25, 0.3) is 0 Å². The van der Waals surface area contributed by atoms with Gasteiger partial charge >= 0.3 is 5.97 Å². The lowest BCUT2D eigenvalue weighted by atomic mass is 10.0. The molecular formula is C12H19N3O3. The maximum Gasteiger partial charge on any atom is 0.340 e. The molecule has 18 heavy (non-hydrogen) atoms. The molecule has 0 fully saturated rings. The number of ether oxygens (including phenoxy) is 1. The second-order valence-electron chi connectivity index (χ2n) is 4.62. The van der Waals surface area contributed by atoms with E-state index in [-0.39, 0.29) is 17.9 Å². The van der Waals surface area contributed by atoms with Gasteiger partial charge in [-0.1, -0.05) is 0 Å². The van der Waals surface area contributed by atoms with Crippen LogP contribution >= 0.6 is 0 Å². The van der Waals surface area contributed by atoms with Gasteiger partial charge in [-0.3, -0.25) is 0 Å². The van der Waals surface area contributed by atoms with Crippen molar-refractivity contribution >= 4 is 17.5 Å². The number of nitrogens with two attached hydrogens (primary N) is 1. The van der Waals surface area contributed by atoms with Crippen LogP contribution in [0.15, 0.2) is 12.3 Å². The number of aliphatic hydroxyl groups excluding tert-OH is 1. The van der Waals surface area contributed by atoms with Crippen LogP contribution in [0.2, 0.25) is 0 Å². The Morgan fingerprint density at radius 2 is 2.22 bits per heavy atom. The smallest absolute Gasteiger partial charge is 0.340 e. The molecule has 1 aromatic heterocycles. The molecule has 1 rings (SSSR count). The van der Waals surface area contributed by atoms with Gasteiger partial charge in [0.2, 0.25) is 0 Å². The van der Waals surface area contributed by atoms with Crippen molar-refractivity contribution in [3.63, 3.8) is 0 Å². The van der Waals surface area contributed by atoms with Gasteiger partial charge in [-0.15, -0.1) is 0 Å². The molecule has 0 aliphatic carbocycles. The summed E-state index contributed by atoms with van der Waals surface area (Å²) in [4.78, 5) is 17.4. The van der Waals surface area contributed by atoms with Crippen LogP contribution in [0, 0.1) is 0 Å². The average molecular weight is 253 g/mol. The average Bonchev–Trinajstić information content (AvgIpc) is 2.37. The van der Waals surface area contributed by atoms with Crippen molar-refractivity contribution in [2.24, 2.45) is 0 Å². The molecule has 3 N–H and O–H groups in total. The fraction of sp³-hybridized carbons (Fsp3) is 0.500. The molecular weight excluding hydrogens is 234 g/mol. The molecule has 0 aliphatic heterocycles. The van der Waals surface area contributed by atoms with Gasteiger partial charge in [-0.05, 0) is 19.9 Å². The summed E-state index contributed by atoms with van der Waals surface area (Å²) < 4.78 is 4.65. The maximum absolute atomic E-state index is 11.5. The number of carbonyl (C=O) groups excluding carboxylic acids is 1. The van der Waals surface area contributed by atoms with E-state index >= 15 is 0 Å². The first-order chi connectivity index (χ1) is 8.35. The Morgan fingerprint density at radius 1 is 1.61 bits per heavy atom. The van der Waals surface area contributed by atoms with Crippen molar-refractivity contribution < 1.29 is 14.6 Å². The number of hydrogen-bond donors (Lipinski definition) is 2. The van der Waals surface area contributed by atoms with Crippen molar-refractivity contribution in [2.75, 3.05) is 31.4 Å². The Labute approximate surface area is 106 Å². The van der Waals surface area contributed by atoms with Crippen molar-refractivity contribution in [3.8, 4) is 0 Å². The standard InChI is InChI=1S/C12H19N3O3/c1-12(2,7-16)15(3)10-9(13)8(5-6-14-10)11(17)18-4/h5-6,16H,7,13H2,1-4H3. The number of likely N-dealkylation sites (N-methyl/N-ethyl adjacent to an activating group) is 1. The number of anilines is 2. The van der Waals surface area contributed by atoms with Crippen LogP contribution in [0.3, 0.4) is 0 Å². The van der Waals surface area contributed by atoms with E-state index in [9.17, 15) is 9.90 Å². The molecule has 0 aromatic carbocycles. The normalized spacial score (nSPS) is 11.2. The monoisotopic (exact) mass is 253 g/mol. The molecule has 6 nitrogen and oxygen atoms in total. The predicted octanol–water partition coefficient (Wildman–Crippen LogP) is 0.657. The highest BCUT2D eigenvalue weighted by Crippen LogP contribution is 2.28. The quantitative estimate of drug-likeness (QED) is 0.766. The summed E-state index contributed by atoms with van der Waals surface area (Å²) in [6.07, 6.45) is 1.49. The summed E-state index contributed by atoms with van der Waals surface area (Å²) in [5.41, 5.74) is 5.90. The van der Waals surface area contributed by atoms with E-state index in [1.165, 1.54) is 19.4 Å². The van der Waals surface area contributed by atoms with Gasteiger partial charge in [0.1, 0.15) is 0 Å². The number of methoxy groups -OCH3 is 1. The predicted molar refractivity (Wildman–Crippen MR) is 69.6 cm³/mol. The lowest BCUT2D eigenvalue weighted by molar-refractivity contribution is 0.0602. The minimum Gasteiger partial charge on any atom is -0.465 e. The van der Waals surface area contributed by atoms with Crippen molar-refractivity contribution in [2.45, 2.75) is 19.4 Å². The number of aliphatic hydroxyl groups is 1. The largest absolute Gasteiger partial charge is 0.465 e. The molecule has 0 radical (unpaired) electrons. The van der Waals surface area contributed by atoms with Crippen LogP contribution in [-0.2, 0) is 4.74 Å². The zero-order chi connectivity index (χ0) is 13.9. The molecule has 0 unspecified atom stereocenters. The molecule has 0 saturated heterocycles. The summed E-state index contributed by atoms with van der Waals surface area (Å²) in [6.45, 7) is 3.63. The van der Waals surface area contributed by atoms with Crippen molar-refractivity contribution in [1.82, 2.24) is 4.98 Å². The maximum atomic E-state index is 11.5. The van der Waals surface area contributed by atoms with E-state index in [1.54, 1.807) is 11.9 Å². The fourth-order valence-electron chi connectivity index (χ4n) is 1.41. The van der Waals surface area contributed by atoms with Gasteiger partial charge < -0.3 is 20.5 Å². The van der Waals surface area contributed by atoms with Gasteiger partial charge in [-0.25, -0.2) is 9.78 Å². The lowest BCUT2D eigenvalue weighted by Gasteiger charge is -2.35. The number of pyridine rings is 1. The van der Waals surface area contributed by atoms with E-state index in [1.807, 2.05) is 13.8 Å². The van der Waals surface area contributed by atoms with Gasteiger partial charge in [0.05, 0.1) is 30.5 Å². The van der Waals surface area contributed by atoms with Gasteiger partial charge in [0, 0.05) is 13.2 Å². The molecule has 100 valence electrons. The van der Waals surface area contributed by atoms with E-state index in [0.29, 0.717) is 5.82 Å². The van der Waals surface area contributed by atoms with Crippen LogP contribution in [0.5, 0.6) is 0 Å². The van der Waals surface area contributed by atoms with Crippen molar-refractivity contribution in [3.05, 3.63) is 17.8 Å². The van der Waals surface area contributed by atoms with Crippen molar-refractivity contribution in [1.29, 1.82) is 0 Å². The number of rotatable bonds is 4. The minimum atomic E-state index is -0.532. The van der Waals surface area contributed by atoms with Crippen LogP contribution in [-0.4, -0.2) is 42.4 Å². The third-order valence-corrected chi connectivity index (χ3v) is 2.99. The summed E-state index contributed by atoms with van der Waals surface area (Å²) in [6, 6.07) is 1.50. The van der Waals surface area contributed by atoms with Gasteiger partial charge in [0.25, 0.3) is 0 Å². The van der Waals surface area contributed by atoms with E-state index in [4.69, 9.17) is 5.73 Å². The first-order valence-corrected chi connectivity index (χ1v) is 5.52. The second-order valence-corrected chi connectivity index (χ2v) is 4.62. The van der Waals surface area contributed by atoms with E-state index < -0.39 is 11.5 Å². The highest BCUT2D eigenvalue weighted by Gasteiger charge is 2.26. The highest BCUT2D eigenvalue weighted by molar-refractivity contribution is 5.97. The molecule has 0 aliphatic rings. The summed E-state index contributed by atoms with van der Waals surface area (Å²) in [5.74, 6) is -0.0664. The van der Waals surface area contributed by atoms with Gasteiger partial charge in [0.15, 0.2) is 5.82 Å². The molecule has 0 saturated carbocycles. The Morgan fingerprint density at radius 3 is 2.72 bits per heavy atom. The Balaban J connectivity index is 3.23. The number of hydrogen-bond acceptors (Lipinski definition) is 6. The summed E-state index contributed by atoms with van der Waals surface area (Å²) >= 11 is 0. The van der Waals surface area contributed by atoms with E-state index in [2.05, 4.69) is 9.72 Å². The Bertz CT molecular complexity index is 446. The molecule has 0 bridgehead atoms. The number of esters is 1. The first-order valence-electron chi connectivity index (χ1n) is 5.52. The number of carbonyl (C=O) groups is 1. The molecule has 0 amide bonds. The van der Waals surface area contributed by atoms with E-state index in [0.717, 1.165) is 0 Å². The second kappa shape index (κ2) is 5.22. The molecule has 1 heterocycles. The molecule has 0 atom stereocenters. The zero-order valence-electron chi connectivity index (χ0n) is 11.1. The lowest BCUT2D eigenvalue weighted by Crippen LogP contribution is -2.45. The Kier molecular flexibility index (Phi) is 4.13. The van der Waals surface area contributed by atoms with Crippen LogP contribution in [0.4, 0.5) is 11.5 Å². The third-order valence-electron chi connectivity index (χ3n) is 2.99. The molecule has 1 aromatic rings. The fourth-order valence-corrected chi connectivity index (χ4v) is 1.41. The SMILES string of the molecule is COC(=O)c1ccnc(N(C)C(C)(C)CO)c1N. The third kappa shape index (κ3) is 2.53. The molecule has 6 heteroatoms. The number of aromatic nitrogens is 1. The van der Waals surface area contributed by atoms with Crippen LogP contribution in [0.1, 0.15) is 24.2 Å². The summed E-state index contributed by atoms with van der Waals surface area (Å²) in [7, 11) is 3.05. The van der Waals surface area contributed by atoms with Crippen LogP contribution < -0.4 is 10.6 Å². The van der Waals surface area contributed by atoms with Gasteiger partial charge in [-0.2, -0.15) is 0 Å². The summed E-state index contributed by atoms with van der Waals surface area (Å²) in [5, 5.41) is 9.34. The minimum absolute atomic E-state index is 0.0624.